The van der Waals surface area contributed by atoms with Crippen LogP contribution in [0.1, 0.15) is 30.0 Å². The molecule has 0 radical (unpaired) electrons. The summed E-state index contributed by atoms with van der Waals surface area (Å²) in [4.78, 5) is 7.53. The van der Waals surface area contributed by atoms with Gasteiger partial charge in [-0.05, 0) is 56.2 Å². The summed E-state index contributed by atoms with van der Waals surface area (Å²) in [6.07, 6.45) is 2.51. The number of nitrogens with two attached hydrogens (primary N) is 1. The number of benzene rings is 1. The Morgan fingerprint density at radius 2 is 1.87 bits per heavy atom. The van der Waals surface area contributed by atoms with Crippen LogP contribution < -0.4 is 5.73 Å². The molecule has 1 aromatic rings. The molecule has 0 amide bonds. The van der Waals surface area contributed by atoms with Gasteiger partial charge in [0.1, 0.15) is 0 Å². The highest BCUT2D eigenvalue weighted by Crippen LogP contribution is 2.34. The molecule has 1 atom stereocenters. The smallest absolute Gasteiger partial charge is 0.0477 e. The van der Waals surface area contributed by atoms with E-state index in [1.165, 1.54) is 56.7 Å². The number of fused-ring (bicyclic) bond motifs is 1. The number of piperazine rings is 1. The number of nitrogens with zero attached hydrogens (tertiary/aromatic N) is 3. The van der Waals surface area contributed by atoms with Gasteiger partial charge in [-0.15, -0.1) is 0 Å². The van der Waals surface area contributed by atoms with Crippen LogP contribution in [0.15, 0.2) is 18.2 Å². The lowest BCUT2D eigenvalue weighted by Gasteiger charge is -2.32. The van der Waals surface area contributed by atoms with Crippen molar-refractivity contribution in [1.82, 2.24) is 14.7 Å². The Kier molecular flexibility index (Phi) is 5.94. The first-order valence-corrected chi connectivity index (χ1v) is 9.18. The largest absolute Gasteiger partial charge is 0.329 e. The maximum Gasteiger partial charge on any atom is 0.0477 e. The minimum Gasteiger partial charge on any atom is -0.329 e. The topological polar surface area (TPSA) is 35.7 Å². The zero-order valence-corrected chi connectivity index (χ0v) is 14.9. The first kappa shape index (κ1) is 17.2. The number of halogens is 1. The quantitative estimate of drug-likeness (QED) is 0.808. The van der Waals surface area contributed by atoms with E-state index in [4.69, 9.17) is 17.3 Å². The summed E-state index contributed by atoms with van der Waals surface area (Å²) in [6, 6.07) is 6.58. The number of rotatable bonds is 6. The molecule has 2 heterocycles. The van der Waals surface area contributed by atoms with E-state index in [-0.39, 0.29) is 0 Å². The SMILES string of the molecule is CN1CCN(CCCCN2Cc3ccc(Cl)cc3C2CN)CC1. The molecule has 1 saturated heterocycles. The highest BCUT2D eigenvalue weighted by atomic mass is 35.5. The van der Waals surface area contributed by atoms with Gasteiger partial charge < -0.3 is 15.5 Å². The molecule has 0 spiro atoms. The minimum absolute atomic E-state index is 0.340. The van der Waals surface area contributed by atoms with Crippen molar-refractivity contribution in [3.63, 3.8) is 0 Å². The zero-order valence-electron chi connectivity index (χ0n) is 14.2. The first-order valence-electron chi connectivity index (χ1n) is 8.80. The van der Waals surface area contributed by atoms with Crippen LogP contribution in [0.2, 0.25) is 5.02 Å². The predicted molar refractivity (Wildman–Crippen MR) is 96.8 cm³/mol. The second-order valence-electron chi connectivity index (χ2n) is 6.92. The summed E-state index contributed by atoms with van der Waals surface area (Å²) < 4.78 is 0. The van der Waals surface area contributed by atoms with E-state index in [1.807, 2.05) is 6.07 Å². The van der Waals surface area contributed by atoms with Crippen molar-refractivity contribution in [2.75, 3.05) is 52.9 Å². The molecule has 1 fully saturated rings. The van der Waals surface area contributed by atoms with Gasteiger partial charge in [-0.2, -0.15) is 0 Å². The van der Waals surface area contributed by atoms with Crippen LogP contribution in [0.4, 0.5) is 0 Å². The van der Waals surface area contributed by atoms with Crippen LogP contribution >= 0.6 is 11.6 Å². The Balaban J connectivity index is 1.44. The average molecular weight is 337 g/mol. The van der Waals surface area contributed by atoms with Gasteiger partial charge in [-0.3, -0.25) is 4.90 Å². The zero-order chi connectivity index (χ0) is 16.2. The lowest BCUT2D eigenvalue weighted by Crippen LogP contribution is -2.44. The molecule has 23 heavy (non-hydrogen) atoms. The van der Waals surface area contributed by atoms with Crippen molar-refractivity contribution in [2.24, 2.45) is 5.73 Å². The van der Waals surface area contributed by atoms with Gasteiger partial charge in [-0.25, -0.2) is 0 Å². The van der Waals surface area contributed by atoms with Gasteiger partial charge in [0, 0.05) is 50.3 Å². The molecule has 1 unspecified atom stereocenters. The summed E-state index contributed by atoms with van der Waals surface area (Å²) in [7, 11) is 2.21. The standard InChI is InChI=1S/C18H29ClN4/c1-21-8-10-22(11-9-21)6-2-3-7-23-14-15-4-5-16(19)12-17(15)18(23)13-20/h4-5,12,18H,2-3,6-11,13-14,20H2,1H3. The van der Waals surface area contributed by atoms with Gasteiger partial charge in [0.2, 0.25) is 0 Å². The Labute approximate surface area is 145 Å². The van der Waals surface area contributed by atoms with E-state index in [0.717, 1.165) is 18.1 Å². The van der Waals surface area contributed by atoms with Crippen molar-refractivity contribution < 1.29 is 0 Å². The maximum absolute atomic E-state index is 6.15. The van der Waals surface area contributed by atoms with E-state index < -0.39 is 0 Å². The molecule has 0 aliphatic carbocycles. The van der Waals surface area contributed by atoms with Crippen LogP contribution in [0.3, 0.4) is 0 Å². The van der Waals surface area contributed by atoms with Crippen molar-refractivity contribution in [3.05, 3.63) is 34.3 Å². The normalized spacial score (nSPS) is 23.3. The molecular formula is C18H29ClN4. The summed E-state index contributed by atoms with van der Waals surface area (Å²) in [5.74, 6) is 0. The Hall–Kier alpha value is -0.650. The highest BCUT2D eigenvalue weighted by Gasteiger charge is 2.28. The third-order valence-corrected chi connectivity index (χ3v) is 5.51. The van der Waals surface area contributed by atoms with E-state index in [2.05, 4.69) is 33.9 Å². The van der Waals surface area contributed by atoms with Crippen LogP contribution in [0, 0.1) is 0 Å². The van der Waals surface area contributed by atoms with Gasteiger partial charge in [0.05, 0.1) is 0 Å². The fraction of sp³-hybridized carbons (Fsp3) is 0.667. The molecule has 2 aliphatic rings. The molecule has 0 saturated carbocycles. The molecule has 128 valence electrons. The first-order chi connectivity index (χ1) is 11.2. The maximum atomic E-state index is 6.15. The van der Waals surface area contributed by atoms with E-state index in [1.54, 1.807) is 0 Å². The van der Waals surface area contributed by atoms with Gasteiger partial charge in [-0.1, -0.05) is 17.7 Å². The lowest BCUT2D eigenvalue weighted by atomic mass is 10.1. The second-order valence-corrected chi connectivity index (χ2v) is 7.35. The molecule has 5 heteroatoms. The summed E-state index contributed by atoms with van der Waals surface area (Å²) in [6.45, 7) is 8.89. The van der Waals surface area contributed by atoms with Gasteiger partial charge in [0.25, 0.3) is 0 Å². The van der Waals surface area contributed by atoms with E-state index in [0.29, 0.717) is 12.6 Å². The molecule has 0 aromatic heterocycles. The number of hydrogen-bond acceptors (Lipinski definition) is 4. The van der Waals surface area contributed by atoms with Crippen LogP contribution in [0.5, 0.6) is 0 Å². The van der Waals surface area contributed by atoms with Crippen molar-refractivity contribution in [2.45, 2.75) is 25.4 Å². The Bertz CT molecular complexity index is 514. The van der Waals surface area contributed by atoms with E-state index >= 15 is 0 Å². The fourth-order valence-corrected chi connectivity index (χ4v) is 3.96. The van der Waals surface area contributed by atoms with Crippen LogP contribution in [-0.2, 0) is 6.54 Å². The van der Waals surface area contributed by atoms with Crippen molar-refractivity contribution in [1.29, 1.82) is 0 Å². The third-order valence-electron chi connectivity index (χ3n) is 5.27. The summed E-state index contributed by atoms with van der Waals surface area (Å²) in [5, 5.41) is 0.819. The molecule has 2 aliphatic heterocycles. The van der Waals surface area contributed by atoms with Crippen molar-refractivity contribution >= 4 is 11.6 Å². The Morgan fingerprint density at radius 1 is 1.13 bits per heavy atom. The summed E-state index contributed by atoms with van der Waals surface area (Å²) >= 11 is 6.15. The average Bonchev–Trinajstić information content (AvgIpc) is 2.90. The lowest BCUT2D eigenvalue weighted by molar-refractivity contribution is 0.148. The monoisotopic (exact) mass is 336 g/mol. The van der Waals surface area contributed by atoms with Crippen molar-refractivity contribution in [3.8, 4) is 0 Å². The third kappa shape index (κ3) is 4.25. The van der Waals surface area contributed by atoms with E-state index in [9.17, 15) is 0 Å². The Morgan fingerprint density at radius 3 is 2.61 bits per heavy atom. The molecule has 0 bridgehead atoms. The molecule has 4 nitrogen and oxygen atoms in total. The fourth-order valence-electron chi connectivity index (χ4n) is 3.78. The minimum atomic E-state index is 0.340. The van der Waals surface area contributed by atoms with Crippen LogP contribution in [-0.4, -0.2) is 67.6 Å². The molecule has 3 rings (SSSR count). The van der Waals surface area contributed by atoms with Crippen LogP contribution in [0.25, 0.3) is 0 Å². The second kappa shape index (κ2) is 7.95. The summed E-state index contributed by atoms with van der Waals surface area (Å²) in [5.41, 5.74) is 8.75. The molecule has 2 N–H and O–H groups in total. The number of likely N-dealkylation sites (N-methyl/N-ethyl adjacent to an activating group) is 1. The molecule has 1 aromatic carbocycles. The van der Waals surface area contributed by atoms with Gasteiger partial charge >= 0.3 is 0 Å². The molecular weight excluding hydrogens is 308 g/mol. The van der Waals surface area contributed by atoms with Gasteiger partial charge in [0.15, 0.2) is 0 Å². The predicted octanol–water partition coefficient (Wildman–Crippen LogP) is 2.18. The number of unbranched alkanes of at least 4 members (excludes halogenated alkanes) is 1. The number of hydrogen-bond donors (Lipinski definition) is 1. The highest BCUT2D eigenvalue weighted by molar-refractivity contribution is 6.30.